The summed E-state index contributed by atoms with van der Waals surface area (Å²) in [7, 11) is 0. The van der Waals surface area contributed by atoms with Crippen LogP contribution in [0.4, 0.5) is 17.1 Å². The van der Waals surface area contributed by atoms with E-state index >= 15 is 0 Å². The molecule has 0 saturated carbocycles. The number of carbonyl (C=O) groups is 3. The van der Waals surface area contributed by atoms with E-state index in [1.165, 1.54) is 0 Å². The molecule has 2 N–H and O–H groups in total. The fourth-order valence-corrected chi connectivity index (χ4v) is 3.74. The van der Waals surface area contributed by atoms with E-state index in [9.17, 15) is 14.4 Å². The predicted molar refractivity (Wildman–Crippen MR) is 126 cm³/mol. The number of nitrogens with zero attached hydrogens (tertiary/aromatic N) is 1. The van der Waals surface area contributed by atoms with Crippen molar-refractivity contribution in [3.8, 4) is 0 Å². The number of rotatable bonds is 5. The summed E-state index contributed by atoms with van der Waals surface area (Å²) in [5.41, 5.74) is 4.73. The lowest BCUT2D eigenvalue weighted by Gasteiger charge is -2.18. The number of aryl methyl sites for hydroxylation is 2. The Kier molecular flexibility index (Phi) is 6.03. The first kappa shape index (κ1) is 21.3. The lowest BCUT2D eigenvalue weighted by molar-refractivity contribution is -0.122. The topological polar surface area (TPSA) is 78.5 Å². The third kappa shape index (κ3) is 4.70. The van der Waals surface area contributed by atoms with Crippen molar-refractivity contribution < 1.29 is 14.4 Å². The van der Waals surface area contributed by atoms with Crippen LogP contribution in [0.2, 0.25) is 0 Å². The SMILES string of the molecule is Cc1ccc(NC(=O)[C@H]2CC(=O)N(c3cccc(C(=O)Nc4ccccc4)c3)C2)cc1C. The lowest BCUT2D eigenvalue weighted by atomic mass is 10.1. The lowest BCUT2D eigenvalue weighted by Crippen LogP contribution is -2.28. The van der Waals surface area contributed by atoms with Crippen molar-refractivity contribution in [1.82, 2.24) is 0 Å². The van der Waals surface area contributed by atoms with Gasteiger partial charge >= 0.3 is 0 Å². The molecule has 1 aliphatic rings. The van der Waals surface area contributed by atoms with Crippen LogP contribution in [0.3, 0.4) is 0 Å². The number of amides is 3. The van der Waals surface area contributed by atoms with Crippen molar-refractivity contribution in [2.24, 2.45) is 5.92 Å². The molecule has 1 heterocycles. The maximum absolute atomic E-state index is 12.8. The Morgan fingerprint density at radius 2 is 1.62 bits per heavy atom. The van der Waals surface area contributed by atoms with Gasteiger partial charge in [-0.3, -0.25) is 14.4 Å². The minimum atomic E-state index is -0.453. The van der Waals surface area contributed by atoms with E-state index < -0.39 is 5.92 Å². The summed E-state index contributed by atoms with van der Waals surface area (Å²) in [5.74, 6) is -1.02. The van der Waals surface area contributed by atoms with Crippen LogP contribution < -0.4 is 15.5 Å². The summed E-state index contributed by atoms with van der Waals surface area (Å²) < 4.78 is 0. The molecule has 3 aromatic carbocycles. The molecule has 0 aromatic heterocycles. The standard InChI is InChI=1S/C26H25N3O3/c1-17-11-12-22(13-18(17)2)28-26(32)20-15-24(30)29(16-20)23-10-6-7-19(14-23)25(31)27-21-8-4-3-5-9-21/h3-14,20H,15-16H2,1-2H3,(H,27,31)(H,28,32)/t20-/m0/s1. The van der Waals surface area contributed by atoms with Gasteiger partial charge in [-0.1, -0.05) is 30.3 Å². The van der Waals surface area contributed by atoms with Gasteiger partial charge in [0.25, 0.3) is 5.91 Å². The van der Waals surface area contributed by atoms with E-state index in [2.05, 4.69) is 10.6 Å². The Balaban J connectivity index is 1.44. The first-order valence-corrected chi connectivity index (χ1v) is 10.6. The van der Waals surface area contributed by atoms with E-state index in [0.29, 0.717) is 16.9 Å². The highest BCUT2D eigenvalue weighted by Gasteiger charge is 2.35. The van der Waals surface area contributed by atoms with E-state index in [1.54, 1.807) is 29.2 Å². The zero-order valence-corrected chi connectivity index (χ0v) is 18.1. The van der Waals surface area contributed by atoms with Crippen LogP contribution >= 0.6 is 0 Å². The zero-order valence-electron chi connectivity index (χ0n) is 18.1. The molecular formula is C26H25N3O3. The van der Waals surface area contributed by atoms with Crippen LogP contribution in [-0.2, 0) is 9.59 Å². The molecule has 0 bridgehead atoms. The third-order valence-corrected chi connectivity index (χ3v) is 5.72. The molecule has 1 fully saturated rings. The number of anilines is 3. The fourth-order valence-electron chi connectivity index (χ4n) is 3.74. The molecule has 162 valence electrons. The summed E-state index contributed by atoms with van der Waals surface area (Å²) in [6.45, 7) is 4.29. The van der Waals surface area contributed by atoms with Gasteiger partial charge in [-0.15, -0.1) is 0 Å². The monoisotopic (exact) mass is 427 g/mol. The second kappa shape index (κ2) is 9.06. The summed E-state index contributed by atoms with van der Waals surface area (Å²) in [6, 6.07) is 21.8. The molecule has 0 spiro atoms. The summed E-state index contributed by atoms with van der Waals surface area (Å²) in [4.78, 5) is 39.6. The molecule has 0 radical (unpaired) electrons. The van der Waals surface area contributed by atoms with Crippen molar-refractivity contribution in [3.63, 3.8) is 0 Å². The van der Waals surface area contributed by atoms with Gasteiger partial charge in [0.1, 0.15) is 0 Å². The highest BCUT2D eigenvalue weighted by atomic mass is 16.2. The number of carbonyl (C=O) groups excluding carboxylic acids is 3. The zero-order chi connectivity index (χ0) is 22.7. The Labute approximate surface area is 187 Å². The average Bonchev–Trinajstić information content (AvgIpc) is 3.19. The van der Waals surface area contributed by atoms with E-state index in [1.807, 2.05) is 62.4 Å². The van der Waals surface area contributed by atoms with Crippen molar-refractivity contribution in [3.05, 3.63) is 89.5 Å². The van der Waals surface area contributed by atoms with Gasteiger partial charge in [0.05, 0.1) is 5.92 Å². The van der Waals surface area contributed by atoms with Crippen LogP contribution in [0.1, 0.15) is 27.9 Å². The maximum atomic E-state index is 12.8. The number of para-hydroxylation sites is 1. The highest BCUT2D eigenvalue weighted by Crippen LogP contribution is 2.27. The normalized spacial score (nSPS) is 15.5. The van der Waals surface area contributed by atoms with E-state index in [-0.39, 0.29) is 30.7 Å². The van der Waals surface area contributed by atoms with E-state index in [4.69, 9.17) is 0 Å². The molecule has 0 aliphatic carbocycles. The van der Waals surface area contributed by atoms with Crippen molar-refractivity contribution >= 4 is 34.8 Å². The van der Waals surface area contributed by atoms with Gasteiger partial charge in [-0.25, -0.2) is 0 Å². The minimum absolute atomic E-state index is 0.133. The second-order valence-electron chi connectivity index (χ2n) is 8.06. The summed E-state index contributed by atoms with van der Waals surface area (Å²) in [6.07, 6.45) is 0.136. The van der Waals surface area contributed by atoms with Crippen molar-refractivity contribution in [2.75, 3.05) is 22.1 Å². The minimum Gasteiger partial charge on any atom is -0.326 e. The van der Waals surface area contributed by atoms with Crippen molar-refractivity contribution in [2.45, 2.75) is 20.3 Å². The van der Waals surface area contributed by atoms with Crippen LogP contribution in [0, 0.1) is 19.8 Å². The molecule has 6 nitrogen and oxygen atoms in total. The highest BCUT2D eigenvalue weighted by molar-refractivity contribution is 6.07. The van der Waals surface area contributed by atoms with Gasteiger partial charge in [-0.05, 0) is 67.4 Å². The molecule has 6 heteroatoms. The Bertz CT molecular complexity index is 1170. The number of hydrogen-bond acceptors (Lipinski definition) is 3. The first-order chi connectivity index (χ1) is 15.4. The fraction of sp³-hybridized carbons (Fsp3) is 0.192. The van der Waals surface area contributed by atoms with Gasteiger partial charge < -0.3 is 15.5 Å². The van der Waals surface area contributed by atoms with Crippen LogP contribution in [-0.4, -0.2) is 24.3 Å². The predicted octanol–water partition coefficient (Wildman–Crippen LogP) is 4.55. The summed E-state index contributed by atoms with van der Waals surface area (Å²) >= 11 is 0. The number of hydrogen-bond donors (Lipinski definition) is 2. The van der Waals surface area contributed by atoms with Gasteiger partial charge in [0.2, 0.25) is 11.8 Å². The Morgan fingerprint density at radius 3 is 2.38 bits per heavy atom. The first-order valence-electron chi connectivity index (χ1n) is 10.6. The molecule has 3 amide bonds. The molecule has 3 aromatic rings. The molecule has 0 unspecified atom stereocenters. The molecule has 1 aliphatic heterocycles. The van der Waals surface area contributed by atoms with E-state index in [0.717, 1.165) is 16.8 Å². The largest absolute Gasteiger partial charge is 0.326 e. The summed E-state index contributed by atoms with van der Waals surface area (Å²) in [5, 5.41) is 5.76. The van der Waals surface area contributed by atoms with Gasteiger partial charge in [-0.2, -0.15) is 0 Å². The molecular weight excluding hydrogens is 402 g/mol. The molecule has 4 rings (SSSR count). The Morgan fingerprint density at radius 1 is 0.844 bits per heavy atom. The van der Waals surface area contributed by atoms with Crippen LogP contribution in [0.15, 0.2) is 72.8 Å². The van der Waals surface area contributed by atoms with Gasteiger partial charge in [0, 0.05) is 35.6 Å². The van der Waals surface area contributed by atoms with Crippen LogP contribution in [0.5, 0.6) is 0 Å². The van der Waals surface area contributed by atoms with Crippen molar-refractivity contribution in [1.29, 1.82) is 0 Å². The quantitative estimate of drug-likeness (QED) is 0.627. The Hall–Kier alpha value is -3.93. The average molecular weight is 428 g/mol. The second-order valence-corrected chi connectivity index (χ2v) is 8.06. The maximum Gasteiger partial charge on any atom is 0.255 e. The third-order valence-electron chi connectivity index (χ3n) is 5.72. The number of benzene rings is 3. The smallest absolute Gasteiger partial charge is 0.255 e. The molecule has 1 atom stereocenters. The van der Waals surface area contributed by atoms with Gasteiger partial charge in [0.15, 0.2) is 0 Å². The number of nitrogens with one attached hydrogen (secondary N) is 2. The molecule has 1 saturated heterocycles. The molecule has 32 heavy (non-hydrogen) atoms. The van der Waals surface area contributed by atoms with Crippen LogP contribution in [0.25, 0.3) is 0 Å².